The summed E-state index contributed by atoms with van der Waals surface area (Å²) < 4.78 is 11.0. The zero-order valence-electron chi connectivity index (χ0n) is 15.3. The van der Waals surface area contributed by atoms with Gasteiger partial charge in [0.05, 0.1) is 12.7 Å². The number of carbonyl (C=O) groups excluding carboxylic acids is 1. The summed E-state index contributed by atoms with van der Waals surface area (Å²) in [6.07, 6.45) is 5.83. The average molecular weight is 359 g/mol. The van der Waals surface area contributed by atoms with Gasteiger partial charge in [0.25, 0.3) is 0 Å². The van der Waals surface area contributed by atoms with Crippen LogP contribution in [0.3, 0.4) is 0 Å². The summed E-state index contributed by atoms with van der Waals surface area (Å²) in [6, 6.07) is 1.90. The smallest absolute Gasteiger partial charge is 0.227 e. The minimum absolute atomic E-state index is 0.0404. The summed E-state index contributed by atoms with van der Waals surface area (Å²) in [7, 11) is 0. The van der Waals surface area contributed by atoms with Crippen molar-refractivity contribution in [1.29, 1.82) is 0 Å². The number of hydrogen-bond donors (Lipinski definition) is 0. The molecule has 2 aromatic heterocycles. The Morgan fingerprint density at radius 1 is 1.38 bits per heavy atom. The van der Waals surface area contributed by atoms with Crippen LogP contribution in [0.2, 0.25) is 0 Å². The maximum atomic E-state index is 12.5. The maximum absolute atomic E-state index is 12.5. The van der Waals surface area contributed by atoms with E-state index in [1.54, 1.807) is 12.5 Å². The van der Waals surface area contributed by atoms with Crippen LogP contribution in [0.4, 0.5) is 0 Å². The summed E-state index contributed by atoms with van der Waals surface area (Å²) in [6.45, 7) is 5.83. The number of morpholine rings is 1. The second kappa shape index (κ2) is 8.84. The highest BCUT2D eigenvalue weighted by Gasteiger charge is 2.24. The van der Waals surface area contributed by atoms with Gasteiger partial charge in [-0.2, -0.15) is 4.98 Å². The molecule has 3 rings (SSSR count). The Morgan fingerprint density at radius 2 is 2.27 bits per heavy atom. The molecule has 3 heterocycles. The van der Waals surface area contributed by atoms with Crippen molar-refractivity contribution in [2.45, 2.75) is 51.6 Å². The highest BCUT2D eigenvalue weighted by atomic mass is 16.5. The van der Waals surface area contributed by atoms with Crippen LogP contribution in [0.25, 0.3) is 0 Å². The minimum Gasteiger partial charge on any atom is -0.375 e. The second-order valence-electron chi connectivity index (χ2n) is 6.77. The zero-order chi connectivity index (χ0) is 18.4. The Hall–Kier alpha value is -2.35. The van der Waals surface area contributed by atoms with Gasteiger partial charge >= 0.3 is 0 Å². The predicted molar refractivity (Wildman–Crippen MR) is 93.4 cm³/mol. The van der Waals surface area contributed by atoms with Crippen molar-refractivity contribution in [2.75, 3.05) is 19.7 Å². The van der Waals surface area contributed by atoms with E-state index in [0.29, 0.717) is 44.3 Å². The third kappa shape index (κ3) is 5.08. The van der Waals surface area contributed by atoms with Gasteiger partial charge in [0.1, 0.15) is 6.33 Å². The number of nitrogens with zero attached hydrogens (tertiary/aromatic N) is 5. The molecule has 0 radical (unpaired) electrons. The molecular formula is C18H25N5O3. The lowest BCUT2D eigenvalue weighted by Gasteiger charge is -2.33. The number of amides is 1. The van der Waals surface area contributed by atoms with Crippen LogP contribution in [-0.2, 0) is 22.4 Å². The lowest BCUT2D eigenvalue weighted by molar-refractivity contribution is -0.139. The van der Waals surface area contributed by atoms with Crippen molar-refractivity contribution in [3.63, 3.8) is 0 Å². The van der Waals surface area contributed by atoms with E-state index in [0.717, 1.165) is 18.5 Å². The van der Waals surface area contributed by atoms with Gasteiger partial charge < -0.3 is 14.2 Å². The largest absolute Gasteiger partial charge is 0.375 e. The number of hydrogen-bond acceptors (Lipinski definition) is 7. The standard InChI is InChI=1S/C18H25N5O3/c1-13(2)18-21-16(26-22-18)5-6-17(24)23-9-10-25-15(11-23)4-3-14-7-8-19-12-20-14/h7-8,12-13,15H,3-6,9-11H2,1-2H3/t15-/m1/s1. The molecule has 1 saturated heterocycles. The highest BCUT2D eigenvalue weighted by molar-refractivity contribution is 5.76. The van der Waals surface area contributed by atoms with Crippen molar-refractivity contribution in [3.8, 4) is 0 Å². The molecule has 140 valence electrons. The third-order valence-corrected chi connectivity index (χ3v) is 4.41. The Morgan fingerprint density at radius 3 is 3.00 bits per heavy atom. The Labute approximate surface area is 153 Å². The first-order chi connectivity index (χ1) is 12.6. The fourth-order valence-electron chi connectivity index (χ4n) is 2.87. The third-order valence-electron chi connectivity index (χ3n) is 4.41. The molecule has 1 fully saturated rings. The van der Waals surface area contributed by atoms with Gasteiger partial charge in [0.15, 0.2) is 5.82 Å². The Kier molecular flexibility index (Phi) is 6.27. The van der Waals surface area contributed by atoms with E-state index < -0.39 is 0 Å². The molecule has 1 amide bonds. The average Bonchev–Trinajstić information content (AvgIpc) is 3.15. The quantitative estimate of drug-likeness (QED) is 0.743. The van der Waals surface area contributed by atoms with Crippen molar-refractivity contribution >= 4 is 5.91 Å². The maximum Gasteiger partial charge on any atom is 0.227 e. The van der Waals surface area contributed by atoms with Crippen LogP contribution in [0.15, 0.2) is 23.1 Å². The van der Waals surface area contributed by atoms with E-state index in [-0.39, 0.29) is 17.9 Å². The Balaban J connectivity index is 1.44. The summed E-state index contributed by atoms with van der Waals surface area (Å²) in [5, 5.41) is 3.93. The summed E-state index contributed by atoms with van der Waals surface area (Å²) >= 11 is 0. The molecule has 0 N–H and O–H groups in total. The molecule has 2 aromatic rings. The lowest BCUT2D eigenvalue weighted by Crippen LogP contribution is -2.45. The van der Waals surface area contributed by atoms with Gasteiger partial charge in [-0.1, -0.05) is 19.0 Å². The fraction of sp³-hybridized carbons (Fsp3) is 0.611. The Bertz CT molecular complexity index is 704. The van der Waals surface area contributed by atoms with Gasteiger partial charge in [-0.3, -0.25) is 4.79 Å². The monoisotopic (exact) mass is 359 g/mol. The van der Waals surface area contributed by atoms with E-state index in [1.165, 1.54) is 0 Å². The van der Waals surface area contributed by atoms with E-state index in [2.05, 4.69) is 20.1 Å². The number of rotatable bonds is 7. The van der Waals surface area contributed by atoms with Crippen LogP contribution in [0, 0.1) is 0 Å². The first-order valence-corrected chi connectivity index (χ1v) is 9.08. The zero-order valence-corrected chi connectivity index (χ0v) is 15.3. The summed E-state index contributed by atoms with van der Waals surface area (Å²) in [5.41, 5.74) is 0.990. The van der Waals surface area contributed by atoms with Gasteiger partial charge in [-0.05, 0) is 18.9 Å². The minimum atomic E-state index is 0.0404. The molecule has 0 spiro atoms. The van der Waals surface area contributed by atoms with E-state index in [1.807, 2.05) is 24.8 Å². The number of carbonyl (C=O) groups is 1. The van der Waals surface area contributed by atoms with Crippen LogP contribution >= 0.6 is 0 Å². The molecule has 0 aliphatic carbocycles. The predicted octanol–water partition coefficient (Wildman–Crippen LogP) is 1.78. The molecule has 8 nitrogen and oxygen atoms in total. The molecule has 1 aliphatic rings. The molecule has 1 atom stereocenters. The molecule has 1 aliphatic heterocycles. The van der Waals surface area contributed by atoms with Gasteiger partial charge in [0, 0.05) is 43.7 Å². The number of aromatic nitrogens is 4. The van der Waals surface area contributed by atoms with Gasteiger partial charge in [0.2, 0.25) is 11.8 Å². The molecule has 8 heteroatoms. The first-order valence-electron chi connectivity index (χ1n) is 9.08. The van der Waals surface area contributed by atoms with Gasteiger partial charge in [-0.15, -0.1) is 0 Å². The molecule has 0 bridgehead atoms. The highest BCUT2D eigenvalue weighted by Crippen LogP contribution is 2.14. The van der Waals surface area contributed by atoms with Crippen molar-refractivity contribution in [1.82, 2.24) is 25.0 Å². The van der Waals surface area contributed by atoms with E-state index >= 15 is 0 Å². The SMILES string of the molecule is CC(C)c1noc(CCC(=O)N2CCO[C@H](CCc3ccncn3)C2)n1. The first kappa shape index (κ1) is 18.4. The van der Waals surface area contributed by atoms with Crippen LogP contribution in [0.5, 0.6) is 0 Å². The summed E-state index contributed by atoms with van der Waals surface area (Å²) in [4.78, 5) is 26.8. The van der Waals surface area contributed by atoms with Crippen molar-refractivity contribution < 1.29 is 14.1 Å². The van der Waals surface area contributed by atoms with Crippen LogP contribution in [0.1, 0.15) is 50.0 Å². The van der Waals surface area contributed by atoms with E-state index in [9.17, 15) is 4.79 Å². The molecule has 0 saturated carbocycles. The van der Waals surface area contributed by atoms with Crippen LogP contribution in [-0.4, -0.2) is 56.7 Å². The molecule has 26 heavy (non-hydrogen) atoms. The number of aryl methyl sites for hydroxylation is 2. The topological polar surface area (TPSA) is 94.2 Å². The lowest BCUT2D eigenvalue weighted by atomic mass is 10.1. The van der Waals surface area contributed by atoms with Crippen molar-refractivity contribution in [2.24, 2.45) is 0 Å². The van der Waals surface area contributed by atoms with Gasteiger partial charge in [-0.25, -0.2) is 9.97 Å². The molecule has 0 aromatic carbocycles. The molecule has 0 unspecified atom stereocenters. The second-order valence-corrected chi connectivity index (χ2v) is 6.77. The molecular weight excluding hydrogens is 334 g/mol. The number of ether oxygens (including phenoxy) is 1. The fourth-order valence-corrected chi connectivity index (χ4v) is 2.87. The normalized spacial score (nSPS) is 17.7. The van der Waals surface area contributed by atoms with Crippen LogP contribution < -0.4 is 0 Å². The van der Waals surface area contributed by atoms with Crippen molar-refractivity contribution in [3.05, 3.63) is 36.0 Å². The summed E-state index contributed by atoms with van der Waals surface area (Å²) in [5.74, 6) is 1.53. The van der Waals surface area contributed by atoms with E-state index in [4.69, 9.17) is 9.26 Å².